The molecule has 4 rings (SSSR count). The first-order chi connectivity index (χ1) is 13.3. The lowest BCUT2D eigenvalue weighted by atomic mass is 10.1. The number of ether oxygens (including phenoxy) is 2. The monoisotopic (exact) mass is 387 g/mol. The highest BCUT2D eigenvalue weighted by molar-refractivity contribution is 7.07. The van der Waals surface area contributed by atoms with Gasteiger partial charge in [0, 0.05) is 50.3 Å². The first kappa shape index (κ1) is 18.4. The Labute approximate surface area is 163 Å². The number of benzene rings is 1. The Balaban J connectivity index is 1.29. The van der Waals surface area contributed by atoms with Gasteiger partial charge in [0.1, 0.15) is 12.4 Å². The van der Waals surface area contributed by atoms with Gasteiger partial charge in [0.15, 0.2) is 0 Å². The normalized spacial score (nSPS) is 20.7. The van der Waals surface area contributed by atoms with Crippen LogP contribution in [-0.4, -0.2) is 66.1 Å². The van der Waals surface area contributed by atoms with Crippen LogP contribution in [0.25, 0.3) is 0 Å². The molecular formula is C20H25N3O3S. The largest absolute Gasteiger partial charge is 0.487 e. The van der Waals surface area contributed by atoms with Crippen molar-refractivity contribution in [1.29, 1.82) is 0 Å². The van der Waals surface area contributed by atoms with Gasteiger partial charge in [-0.25, -0.2) is 4.98 Å². The molecule has 1 unspecified atom stereocenters. The van der Waals surface area contributed by atoms with Gasteiger partial charge in [-0.05, 0) is 31.0 Å². The molecule has 0 radical (unpaired) electrons. The Morgan fingerprint density at radius 2 is 2.19 bits per heavy atom. The average molecular weight is 388 g/mol. The predicted molar refractivity (Wildman–Crippen MR) is 104 cm³/mol. The lowest BCUT2D eigenvalue weighted by Gasteiger charge is -2.35. The number of aromatic nitrogens is 1. The van der Waals surface area contributed by atoms with Gasteiger partial charge >= 0.3 is 0 Å². The Morgan fingerprint density at radius 1 is 1.30 bits per heavy atom. The van der Waals surface area contributed by atoms with Crippen molar-refractivity contribution in [1.82, 2.24) is 14.8 Å². The van der Waals surface area contributed by atoms with Gasteiger partial charge in [-0.3, -0.25) is 9.69 Å². The van der Waals surface area contributed by atoms with E-state index in [0.717, 1.165) is 51.4 Å². The van der Waals surface area contributed by atoms with Crippen molar-refractivity contribution in [3.8, 4) is 5.75 Å². The van der Waals surface area contributed by atoms with E-state index in [1.165, 1.54) is 6.42 Å². The topological polar surface area (TPSA) is 54.9 Å². The third-order valence-corrected chi connectivity index (χ3v) is 5.73. The summed E-state index contributed by atoms with van der Waals surface area (Å²) in [5, 5.41) is 1.96. The van der Waals surface area contributed by atoms with Crippen LogP contribution in [0.1, 0.15) is 28.9 Å². The molecule has 0 spiro atoms. The molecule has 0 aliphatic carbocycles. The molecule has 0 bridgehead atoms. The molecule has 0 saturated carbocycles. The minimum atomic E-state index is 0.0749. The highest BCUT2D eigenvalue weighted by atomic mass is 32.1. The molecule has 1 amide bonds. The van der Waals surface area contributed by atoms with Gasteiger partial charge in [-0.1, -0.05) is 6.07 Å². The number of hydrogen-bond acceptors (Lipinski definition) is 6. The summed E-state index contributed by atoms with van der Waals surface area (Å²) in [7, 11) is 0. The first-order valence-corrected chi connectivity index (χ1v) is 10.5. The van der Waals surface area contributed by atoms with Crippen LogP contribution in [-0.2, 0) is 11.3 Å². The third-order valence-electron chi connectivity index (χ3n) is 5.10. The minimum Gasteiger partial charge on any atom is -0.487 e. The van der Waals surface area contributed by atoms with E-state index >= 15 is 0 Å². The number of piperazine rings is 1. The molecule has 27 heavy (non-hydrogen) atoms. The Hall–Kier alpha value is -1.96. The van der Waals surface area contributed by atoms with Crippen molar-refractivity contribution in [3.63, 3.8) is 0 Å². The third kappa shape index (κ3) is 4.86. The molecule has 2 saturated heterocycles. The number of hydrogen-bond donors (Lipinski definition) is 0. The summed E-state index contributed by atoms with van der Waals surface area (Å²) in [5.41, 5.74) is 3.37. The molecule has 144 valence electrons. The highest BCUT2D eigenvalue weighted by Gasteiger charge is 2.25. The summed E-state index contributed by atoms with van der Waals surface area (Å²) in [5.74, 6) is 0.775. The molecular weight excluding hydrogens is 362 g/mol. The zero-order valence-corrected chi connectivity index (χ0v) is 16.2. The van der Waals surface area contributed by atoms with Gasteiger partial charge in [0.05, 0.1) is 17.3 Å². The summed E-state index contributed by atoms with van der Waals surface area (Å²) in [6.45, 7) is 5.64. The number of nitrogens with zero attached hydrogens (tertiary/aromatic N) is 3. The minimum absolute atomic E-state index is 0.0749. The highest BCUT2D eigenvalue weighted by Crippen LogP contribution is 2.19. The SMILES string of the molecule is O=C(c1cccc(OCc2cscn2)c1)N1CCN(CC2CCCO2)CC1. The fourth-order valence-corrected chi connectivity index (χ4v) is 4.12. The maximum atomic E-state index is 12.9. The average Bonchev–Trinajstić information content (AvgIpc) is 3.41. The molecule has 2 aliphatic rings. The lowest BCUT2D eigenvalue weighted by molar-refractivity contribution is 0.0432. The Bertz CT molecular complexity index is 739. The quantitative estimate of drug-likeness (QED) is 0.763. The van der Waals surface area contributed by atoms with E-state index in [4.69, 9.17) is 9.47 Å². The van der Waals surface area contributed by atoms with Gasteiger partial charge < -0.3 is 14.4 Å². The number of carbonyl (C=O) groups excluding carboxylic acids is 1. The van der Waals surface area contributed by atoms with E-state index in [9.17, 15) is 4.79 Å². The molecule has 7 heteroatoms. The first-order valence-electron chi connectivity index (χ1n) is 9.51. The predicted octanol–water partition coefficient (Wildman–Crippen LogP) is 2.66. The molecule has 2 aliphatic heterocycles. The van der Waals surface area contributed by atoms with Gasteiger partial charge in [0.25, 0.3) is 5.91 Å². The van der Waals surface area contributed by atoms with Crippen LogP contribution in [0.3, 0.4) is 0 Å². The number of rotatable bonds is 6. The fraction of sp³-hybridized carbons (Fsp3) is 0.500. The standard InChI is InChI=1S/C20H25N3O3S/c24-20(23-8-6-22(7-9-23)12-19-5-2-10-25-19)16-3-1-4-18(11-16)26-13-17-14-27-15-21-17/h1,3-4,11,14-15,19H,2,5-10,12-13H2. The van der Waals surface area contributed by atoms with E-state index < -0.39 is 0 Å². The van der Waals surface area contributed by atoms with Crippen molar-refractivity contribution in [2.24, 2.45) is 0 Å². The summed E-state index contributed by atoms with van der Waals surface area (Å²) >= 11 is 1.55. The Kier molecular flexibility index (Phi) is 6.01. The van der Waals surface area contributed by atoms with Crippen molar-refractivity contribution in [3.05, 3.63) is 46.4 Å². The van der Waals surface area contributed by atoms with Gasteiger partial charge in [-0.2, -0.15) is 0 Å². The van der Waals surface area contributed by atoms with Crippen molar-refractivity contribution in [2.75, 3.05) is 39.3 Å². The fourth-order valence-electron chi connectivity index (χ4n) is 3.58. The van der Waals surface area contributed by atoms with E-state index in [-0.39, 0.29) is 5.91 Å². The second kappa shape index (κ2) is 8.82. The maximum Gasteiger partial charge on any atom is 0.254 e. The second-order valence-electron chi connectivity index (χ2n) is 7.02. The molecule has 1 aromatic heterocycles. The summed E-state index contributed by atoms with van der Waals surface area (Å²) in [4.78, 5) is 21.4. The summed E-state index contributed by atoms with van der Waals surface area (Å²) in [6, 6.07) is 7.43. The van der Waals surface area contributed by atoms with E-state index in [2.05, 4.69) is 9.88 Å². The number of thiazole rings is 1. The van der Waals surface area contributed by atoms with Crippen LogP contribution in [0.15, 0.2) is 35.2 Å². The Morgan fingerprint density at radius 3 is 2.93 bits per heavy atom. The molecule has 6 nitrogen and oxygen atoms in total. The second-order valence-corrected chi connectivity index (χ2v) is 7.74. The lowest BCUT2D eigenvalue weighted by Crippen LogP contribution is -2.50. The summed E-state index contributed by atoms with van der Waals surface area (Å²) in [6.07, 6.45) is 2.70. The van der Waals surface area contributed by atoms with Gasteiger partial charge in [-0.15, -0.1) is 11.3 Å². The molecule has 3 heterocycles. The van der Waals surface area contributed by atoms with Crippen LogP contribution in [0.2, 0.25) is 0 Å². The van der Waals surface area contributed by atoms with Crippen LogP contribution in [0.5, 0.6) is 5.75 Å². The molecule has 2 aromatic rings. The van der Waals surface area contributed by atoms with Crippen molar-refractivity contribution >= 4 is 17.2 Å². The molecule has 2 fully saturated rings. The van der Waals surface area contributed by atoms with E-state index in [1.807, 2.05) is 34.5 Å². The van der Waals surface area contributed by atoms with Crippen molar-refractivity contribution < 1.29 is 14.3 Å². The zero-order chi connectivity index (χ0) is 18.5. The van der Waals surface area contributed by atoms with Crippen LogP contribution >= 0.6 is 11.3 Å². The zero-order valence-electron chi connectivity index (χ0n) is 15.4. The number of carbonyl (C=O) groups is 1. The van der Waals surface area contributed by atoms with E-state index in [1.54, 1.807) is 16.8 Å². The summed E-state index contributed by atoms with van der Waals surface area (Å²) < 4.78 is 11.5. The van der Waals surface area contributed by atoms with Crippen LogP contribution < -0.4 is 4.74 Å². The number of amides is 1. The maximum absolute atomic E-state index is 12.9. The smallest absolute Gasteiger partial charge is 0.254 e. The molecule has 1 atom stereocenters. The molecule has 0 N–H and O–H groups in total. The van der Waals surface area contributed by atoms with Gasteiger partial charge in [0.2, 0.25) is 0 Å². The van der Waals surface area contributed by atoms with E-state index in [0.29, 0.717) is 24.0 Å². The van der Waals surface area contributed by atoms with Crippen LogP contribution in [0.4, 0.5) is 0 Å². The van der Waals surface area contributed by atoms with Crippen LogP contribution in [0, 0.1) is 0 Å². The van der Waals surface area contributed by atoms with Crippen molar-refractivity contribution in [2.45, 2.75) is 25.6 Å². The molecule has 1 aromatic carbocycles.